The van der Waals surface area contributed by atoms with Crippen LogP contribution in [-0.4, -0.2) is 19.0 Å². The molecule has 0 N–H and O–H groups in total. The normalized spacial score (nSPS) is 10.1. The van der Waals surface area contributed by atoms with Gasteiger partial charge in [-0.15, -0.1) is 0 Å². The predicted molar refractivity (Wildman–Crippen MR) is 62.9 cm³/mol. The van der Waals surface area contributed by atoms with Crippen molar-refractivity contribution in [2.75, 3.05) is 7.11 Å². The minimum atomic E-state index is -0.412. The highest BCUT2D eigenvalue weighted by atomic mass is 16.5. The monoisotopic (exact) mass is 236 g/mol. The van der Waals surface area contributed by atoms with E-state index in [9.17, 15) is 9.59 Å². The summed E-state index contributed by atoms with van der Waals surface area (Å²) in [6, 6.07) is 6.27. The van der Waals surface area contributed by atoms with Crippen LogP contribution in [-0.2, 0) is 9.53 Å². The van der Waals surface area contributed by atoms with E-state index < -0.39 is 5.97 Å². The molecule has 17 heavy (non-hydrogen) atoms. The molecule has 0 atom stereocenters. The highest BCUT2D eigenvalue weighted by molar-refractivity contribution is 5.89. The Balaban J connectivity index is 2.62. The lowest BCUT2D eigenvalue weighted by atomic mass is 10.1. The molecular weight excluding hydrogens is 220 g/mol. The first kappa shape index (κ1) is 13.2. The first-order chi connectivity index (χ1) is 8.02. The van der Waals surface area contributed by atoms with Gasteiger partial charge in [-0.1, -0.05) is 13.8 Å². The van der Waals surface area contributed by atoms with E-state index in [0.29, 0.717) is 17.7 Å². The van der Waals surface area contributed by atoms with Crippen LogP contribution in [0.4, 0.5) is 0 Å². The summed E-state index contributed by atoms with van der Waals surface area (Å²) < 4.78 is 9.67. The van der Waals surface area contributed by atoms with Crippen molar-refractivity contribution in [2.45, 2.75) is 20.3 Å². The van der Waals surface area contributed by atoms with E-state index in [-0.39, 0.29) is 11.9 Å². The quantitative estimate of drug-likeness (QED) is 0.595. The molecule has 0 fully saturated rings. The van der Waals surface area contributed by atoms with Crippen LogP contribution >= 0.6 is 0 Å². The second-order valence-electron chi connectivity index (χ2n) is 4.09. The molecule has 0 bridgehead atoms. The molecule has 0 aliphatic carbocycles. The van der Waals surface area contributed by atoms with Crippen molar-refractivity contribution >= 4 is 11.9 Å². The Labute approximate surface area is 101 Å². The summed E-state index contributed by atoms with van der Waals surface area (Å²) in [5.41, 5.74) is 0.427. The number of benzene rings is 1. The van der Waals surface area contributed by atoms with Crippen LogP contribution in [0.3, 0.4) is 0 Å². The zero-order valence-electron chi connectivity index (χ0n) is 10.2. The number of rotatable bonds is 4. The molecule has 4 heteroatoms. The van der Waals surface area contributed by atoms with Crippen molar-refractivity contribution in [3.05, 3.63) is 29.8 Å². The van der Waals surface area contributed by atoms with Crippen LogP contribution in [0.5, 0.6) is 5.75 Å². The molecule has 4 nitrogen and oxygen atoms in total. The molecule has 0 heterocycles. The summed E-state index contributed by atoms with van der Waals surface area (Å²) in [5, 5.41) is 0. The van der Waals surface area contributed by atoms with Crippen LogP contribution in [0, 0.1) is 5.92 Å². The number of carbonyl (C=O) groups is 2. The standard InChI is InChI=1S/C13H16O4/c1-9(2)8-12(14)17-11-6-4-10(5-7-11)13(15)16-3/h4-7,9H,8H2,1-3H3. The Morgan fingerprint density at radius 1 is 1.18 bits per heavy atom. The van der Waals surface area contributed by atoms with Gasteiger partial charge in [-0.25, -0.2) is 4.79 Å². The van der Waals surface area contributed by atoms with Gasteiger partial charge in [0.05, 0.1) is 12.7 Å². The first-order valence-corrected chi connectivity index (χ1v) is 5.42. The topological polar surface area (TPSA) is 52.6 Å². The number of carbonyl (C=O) groups excluding carboxylic acids is 2. The fourth-order valence-corrected chi connectivity index (χ4v) is 1.28. The maximum Gasteiger partial charge on any atom is 0.337 e. The number of methoxy groups -OCH3 is 1. The summed E-state index contributed by atoms with van der Waals surface area (Å²) in [6.07, 6.45) is 0.374. The van der Waals surface area contributed by atoms with Gasteiger partial charge in [0.15, 0.2) is 0 Å². The van der Waals surface area contributed by atoms with Crippen LogP contribution in [0.1, 0.15) is 30.6 Å². The van der Waals surface area contributed by atoms with Gasteiger partial charge >= 0.3 is 11.9 Å². The molecule has 0 radical (unpaired) electrons. The van der Waals surface area contributed by atoms with Crippen molar-refractivity contribution in [2.24, 2.45) is 5.92 Å². The molecule has 0 unspecified atom stereocenters. The first-order valence-electron chi connectivity index (χ1n) is 5.42. The fourth-order valence-electron chi connectivity index (χ4n) is 1.28. The lowest BCUT2D eigenvalue weighted by Gasteiger charge is -2.06. The number of hydrogen-bond donors (Lipinski definition) is 0. The molecule has 1 rings (SSSR count). The molecule has 0 saturated carbocycles. The average molecular weight is 236 g/mol. The van der Waals surface area contributed by atoms with Crippen LogP contribution in [0.15, 0.2) is 24.3 Å². The molecule has 0 aliphatic heterocycles. The Hall–Kier alpha value is -1.84. The minimum absolute atomic E-state index is 0.261. The van der Waals surface area contributed by atoms with Crippen molar-refractivity contribution in [1.29, 1.82) is 0 Å². The highest BCUT2D eigenvalue weighted by Gasteiger charge is 2.09. The van der Waals surface area contributed by atoms with E-state index in [2.05, 4.69) is 4.74 Å². The van der Waals surface area contributed by atoms with Crippen molar-refractivity contribution in [3.8, 4) is 5.75 Å². The summed E-state index contributed by atoms with van der Waals surface area (Å²) in [6.45, 7) is 3.89. The molecule has 0 spiro atoms. The molecule has 1 aromatic carbocycles. The summed E-state index contributed by atoms with van der Waals surface area (Å²) in [7, 11) is 1.32. The summed E-state index contributed by atoms with van der Waals surface area (Å²) >= 11 is 0. The molecule has 0 aromatic heterocycles. The lowest BCUT2D eigenvalue weighted by Crippen LogP contribution is -2.10. The second kappa shape index (κ2) is 6.03. The number of esters is 2. The van der Waals surface area contributed by atoms with Crippen molar-refractivity contribution in [3.63, 3.8) is 0 Å². The van der Waals surface area contributed by atoms with E-state index in [4.69, 9.17) is 4.74 Å². The third-order valence-corrected chi connectivity index (χ3v) is 2.08. The number of hydrogen-bond acceptors (Lipinski definition) is 4. The summed E-state index contributed by atoms with van der Waals surface area (Å²) in [5.74, 6) is 0.0102. The van der Waals surface area contributed by atoms with Crippen LogP contribution in [0.25, 0.3) is 0 Å². The largest absolute Gasteiger partial charge is 0.465 e. The SMILES string of the molecule is COC(=O)c1ccc(OC(=O)CC(C)C)cc1. The third-order valence-electron chi connectivity index (χ3n) is 2.08. The van der Waals surface area contributed by atoms with Gasteiger partial charge in [0.1, 0.15) is 5.75 Å². The van der Waals surface area contributed by atoms with E-state index in [1.54, 1.807) is 24.3 Å². The van der Waals surface area contributed by atoms with Gasteiger partial charge in [0.2, 0.25) is 0 Å². The van der Waals surface area contributed by atoms with Crippen LogP contribution in [0.2, 0.25) is 0 Å². The Bertz CT molecular complexity index is 392. The summed E-state index contributed by atoms with van der Waals surface area (Å²) in [4.78, 5) is 22.5. The number of ether oxygens (including phenoxy) is 2. The van der Waals surface area contributed by atoms with E-state index in [1.165, 1.54) is 7.11 Å². The zero-order valence-corrected chi connectivity index (χ0v) is 10.2. The smallest absolute Gasteiger partial charge is 0.337 e. The Morgan fingerprint density at radius 2 is 1.76 bits per heavy atom. The second-order valence-corrected chi connectivity index (χ2v) is 4.09. The fraction of sp³-hybridized carbons (Fsp3) is 0.385. The van der Waals surface area contributed by atoms with Gasteiger partial charge in [0, 0.05) is 6.42 Å². The Kier molecular flexibility index (Phi) is 4.69. The molecule has 0 aliphatic rings. The van der Waals surface area contributed by atoms with E-state index >= 15 is 0 Å². The minimum Gasteiger partial charge on any atom is -0.465 e. The average Bonchev–Trinajstić information content (AvgIpc) is 2.28. The molecule has 0 amide bonds. The van der Waals surface area contributed by atoms with E-state index in [1.807, 2.05) is 13.8 Å². The van der Waals surface area contributed by atoms with E-state index in [0.717, 1.165) is 0 Å². The predicted octanol–water partition coefficient (Wildman–Crippen LogP) is 2.42. The van der Waals surface area contributed by atoms with Gasteiger partial charge in [0.25, 0.3) is 0 Å². The van der Waals surface area contributed by atoms with Gasteiger partial charge in [-0.3, -0.25) is 4.79 Å². The molecule has 1 aromatic rings. The highest BCUT2D eigenvalue weighted by Crippen LogP contribution is 2.14. The van der Waals surface area contributed by atoms with Crippen molar-refractivity contribution < 1.29 is 19.1 Å². The third kappa shape index (κ3) is 4.26. The van der Waals surface area contributed by atoms with Crippen LogP contribution < -0.4 is 4.74 Å². The molecule has 0 saturated heterocycles. The van der Waals surface area contributed by atoms with Gasteiger partial charge < -0.3 is 9.47 Å². The van der Waals surface area contributed by atoms with Gasteiger partial charge in [-0.2, -0.15) is 0 Å². The van der Waals surface area contributed by atoms with Gasteiger partial charge in [-0.05, 0) is 30.2 Å². The molecular formula is C13H16O4. The maximum absolute atomic E-state index is 11.4. The lowest BCUT2D eigenvalue weighted by molar-refractivity contribution is -0.135. The zero-order chi connectivity index (χ0) is 12.8. The van der Waals surface area contributed by atoms with Crippen molar-refractivity contribution in [1.82, 2.24) is 0 Å². The molecule has 92 valence electrons. The Morgan fingerprint density at radius 3 is 2.24 bits per heavy atom. The maximum atomic E-state index is 11.4.